The van der Waals surface area contributed by atoms with E-state index in [-0.39, 0.29) is 23.8 Å². The molecule has 4 saturated carbocycles. The van der Waals surface area contributed by atoms with Gasteiger partial charge in [0.2, 0.25) is 11.8 Å². The van der Waals surface area contributed by atoms with Crippen molar-refractivity contribution >= 4 is 17.5 Å². The number of benzene rings is 1. The average molecular weight is 370 g/mol. The van der Waals surface area contributed by atoms with Gasteiger partial charge < -0.3 is 15.5 Å². The third kappa shape index (κ3) is 3.83. The van der Waals surface area contributed by atoms with Crippen LogP contribution in [0.5, 0.6) is 0 Å². The van der Waals surface area contributed by atoms with E-state index in [4.69, 9.17) is 0 Å². The number of hydrogen-bond donors (Lipinski definition) is 2. The Hall–Kier alpha value is -2.04. The lowest BCUT2D eigenvalue weighted by Gasteiger charge is -2.55. The number of rotatable bonds is 6. The standard InChI is InChI=1S/C22H31N3O2/c1-25(2)19-5-3-4-15(9-19)13-23-20(26)14-24-21(27)22-10-16-6-17(11-22)8-18(7-16)12-22/h3-5,9,16-18H,6-8,10-14H2,1-2H3,(H,23,26)(H,24,27). The molecule has 0 heterocycles. The number of nitrogens with one attached hydrogen (secondary N) is 2. The summed E-state index contributed by atoms with van der Waals surface area (Å²) in [5, 5.41) is 5.87. The van der Waals surface area contributed by atoms with E-state index in [2.05, 4.69) is 16.7 Å². The van der Waals surface area contributed by atoms with Crippen LogP contribution in [0.1, 0.15) is 44.1 Å². The third-order valence-electron chi connectivity index (χ3n) is 6.85. The van der Waals surface area contributed by atoms with Gasteiger partial charge in [0.05, 0.1) is 6.54 Å². The second-order valence-corrected chi connectivity index (χ2v) is 9.22. The first kappa shape index (κ1) is 18.3. The molecule has 4 fully saturated rings. The summed E-state index contributed by atoms with van der Waals surface area (Å²) in [5.74, 6) is 2.20. The van der Waals surface area contributed by atoms with E-state index in [1.54, 1.807) is 0 Å². The van der Waals surface area contributed by atoms with Gasteiger partial charge in [0.25, 0.3) is 0 Å². The molecule has 0 spiro atoms. The van der Waals surface area contributed by atoms with Crippen LogP contribution in [-0.2, 0) is 16.1 Å². The maximum Gasteiger partial charge on any atom is 0.239 e. The summed E-state index contributed by atoms with van der Waals surface area (Å²) in [6, 6.07) is 8.10. The Morgan fingerprint density at radius 1 is 1.04 bits per heavy atom. The highest BCUT2D eigenvalue weighted by molar-refractivity contribution is 5.88. The average Bonchev–Trinajstić information content (AvgIpc) is 2.63. The van der Waals surface area contributed by atoms with Crippen molar-refractivity contribution in [1.82, 2.24) is 10.6 Å². The second kappa shape index (κ2) is 7.17. The zero-order chi connectivity index (χ0) is 19.0. The van der Waals surface area contributed by atoms with Crippen molar-refractivity contribution in [1.29, 1.82) is 0 Å². The molecule has 5 nitrogen and oxygen atoms in total. The molecular formula is C22H31N3O2. The van der Waals surface area contributed by atoms with Gasteiger partial charge in [-0.05, 0) is 74.0 Å². The molecule has 4 aliphatic carbocycles. The lowest BCUT2D eigenvalue weighted by molar-refractivity contribution is -0.147. The number of anilines is 1. The SMILES string of the molecule is CN(C)c1cccc(CNC(=O)CNC(=O)C23CC4CC(CC(C4)C2)C3)c1. The van der Waals surface area contributed by atoms with E-state index in [1.807, 2.05) is 37.2 Å². The number of amides is 2. The third-order valence-corrected chi connectivity index (χ3v) is 6.85. The first-order valence-corrected chi connectivity index (χ1v) is 10.2. The minimum absolute atomic E-state index is 0.0773. The van der Waals surface area contributed by atoms with Crippen molar-refractivity contribution < 1.29 is 9.59 Å². The molecule has 2 amide bonds. The maximum absolute atomic E-state index is 12.9. The fourth-order valence-corrected chi connectivity index (χ4v) is 5.94. The van der Waals surface area contributed by atoms with Crippen molar-refractivity contribution in [2.45, 2.75) is 45.1 Å². The van der Waals surface area contributed by atoms with Gasteiger partial charge in [0.15, 0.2) is 0 Å². The lowest BCUT2D eigenvalue weighted by Crippen LogP contribution is -2.54. The Labute approximate surface area is 161 Å². The number of carbonyl (C=O) groups excluding carboxylic acids is 2. The second-order valence-electron chi connectivity index (χ2n) is 9.22. The van der Waals surface area contributed by atoms with Gasteiger partial charge in [-0.1, -0.05) is 12.1 Å². The molecule has 27 heavy (non-hydrogen) atoms. The number of carbonyl (C=O) groups is 2. The van der Waals surface area contributed by atoms with E-state index < -0.39 is 0 Å². The van der Waals surface area contributed by atoms with Crippen LogP contribution in [0.25, 0.3) is 0 Å². The Morgan fingerprint density at radius 3 is 2.26 bits per heavy atom. The molecule has 0 unspecified atom stereocenters. The molecule has 0 atom stereocenters. The Morgan fingerprint density at radius 2 is 1.67 bits per heavy atom. The summed E-state index contributed by atoms with van der Waals surface area (Å²) in [4.78, 5) is 27.2. The van der Waals surface area contributed by atoms with E-state index in [1.165, 1.54) is 19.3 Å². The molecule has 1 aromatic carbocycles. The van der Waals surface area contributed by atoms with Gasteiger partial charge >= 0.3 is 0 Å². The number of hydrogen-bond acceptors (Lipinski definition) is 3. The van der Waals surface area contributed by atoms with Crippen LogP contribution >= 0.6 is 0 Å². The van der Waals surface area contributed by atoms with Crippen LogP contribution in [0, 0.1) is 23.2 Å². The largest absolute Gasteiger partial charge is 0.378 e. The Bertz CT molecular complexity index is 693. The normalized spacial score (nSPS) is 30.8. The van der Waals surface area contributed by atoms with Crippen LogP contribution in [0.4, 0.5) is 5.69 Å². The molecule has 0 radical (unpaired) electrons. The van der Waals surface area contributed by atoms with Crippen LogP contribution in [-0.4, -0.2) is 32.5 Å². The summed E-state index contributed by atoms with van der Waals surface area (Å²) in [6.45, 7) is 0.557. The van der Waals surface area contributed by atoms with Gasteiger partial charge in [-0.3, -0.25) is 9.59 Å². The molecule has 146 valence electrons. The fraction of sp³-hybridized carbons (Fsp3) is 0.636. The first-order chi connectivity index (χ1) is 12.9. The fourth-order valence-electron chi connectivity index (χ4n) is 5.94. The van der Waals surface area contributed by atoms with E-state index in [0.29, 0.717) is 6.54 Å². The van der Waals surface area contributed by atoms with E-state index in [0.717, 1.165) is 48.3 Å². The molecule has 5 heteroatoms. The van der Waals surface area contributed by atoms with E-state index >= 15 is 0 Å². The number of nitrogens with zero attached hydrogens (tertiary/aromatic N) is 1. The predicted molar refractivity (Wildman–Crippen MR) is 106 cm³/mol. The molecule has 4 aliphatic rings. The van der Waals surface area contributed by atoms with Crippen LogP contribution in [0.15, 0.2) is 24.3 Å². The Balaban J connectivity index is 1.27. The van der Waals surface area contributed by atoms with E-state index in [9.17, 15) is 9.59 Å². The molecule has 1 aromatic rings. The van der Waals surface area contributed by atoms with Crippen molar-refractivity contribution in [3.63, 3.8) is 0 Å². The summed E-state index contributed by atoms with van der Waals surface area (Å²) in [5.41, 5.74) is 1.98. The summed E-state index contributed by atoms with van der Waals surface area (Å²) < 4.78 is 0. The molecule has 2 N–H and O–H groups in total. The minimum Gasteiger partial charge on any atom is -0.378 e. The Kier molecular flexibility index (Phi) is 4.87. The van der Waals surface area contributed by atoms with Crippen molar-refractivity contribution in [2.75, 3.05) is 25.5 Å². The monoisotopic (exact) mass is 369 g/mol. The van der Waals surface area contributed by atoms with Crippen LogP contribution in [0.3, 0.4) is 0 Å². The van der Waals surface area contributed by atoms with Gasteiger partial charge in [0, 0.05) is 31.7 Å². The van der Waals surface area contributed by atoms with Gasteiger partial charge in [-0.2, -0.15) is 0 Å². The maximum atomic E-state index is 12.9. The summed E-state index contributed by atoms with van der Waals surface area (Å²) in [7, 11) is 4.00. The van der Waals surface area contributed by atoms with Crippen molar-refractivity contribution in [3.05, 3.63) is 29.8 Å². The zero-order valence-electron chi connectivity index (χ0n) is 16.5. The van der Waals surface area contributed by atoms with Crippen LogP contribution in [0.2, 0.25) is 0 Å². The van der Waals surface area contributed by atoms with Crippen LogP contribution < -0.4 is 15.5 Å². The lowest BCUT2D eigenvalue weighted by atomic mass is 9.49. The minimum atomic E-state index is -0.185. The zero-order valence-corrected chi connectivity index (χ0v) is 16.5. The molecule has 4 bridgehead atoms. The highest BCUT2D eigenvalue weighted by Gasteiger charge is 2.54. The first-order valence-electron chi connectivity index (χ1n) is 10.2. The van der Waals surface area contributed by atoms with Gasteiger partial charge in [-0.25, -0.2) is 0 Å². The summed E-state index contributed by atoms with van der Waals surface area (Å²) >= 11 is 0. The van der Waals surface area contributed by atoms with Gasteiger partial charge in [0.1, 0.15) is 0 Å². The van der Waals surface area contributed by atoms with Gasteiger partial charge in [-0.15, -0.1) is 0 Å². The predicted octanol–water partition coefficient (Wildman–Crippen LogP) is 2.70. The topological polar surface area (TPSA) is 61.4 Å². The van der Waals surface area contributed by atoms with Crippen molar-refractivity contribution in [3.8, 4) is 0 Å². The highest BCUT2D eigenvalue weighted by atomic mass is 16.2. The smallest absolute Gasteiger partial charge is 0.239 e. The molecule has 0 saturated heterocycles. The molecular weight excluding hydrogens is 338 g/mol. The van der Waals surface area contributed by atoms with Crippen molar-refractivity contribution in [2.24, 2.45) is 23.2 Å². The molecule has 5 rings (SSSR count). The molecule has 0 aromatic heterocycles. The quantitative estimate of drug-likeness (QED) is 0.810. The highest BCUT2D eigenvalue weighted by Crippen LogP contribution is 2.60. The molecule has 0 aliphatic heterocycles. The summed E-state index contributed by atoms with van der Waals surface area (Å²) in [6.07, 6.45) is 7.05.